The lowest BCUT2D eigenvalue weighted by Gasteiger charge is -2.33. The fraction of sp³-hybridized carbons (Fsp3) is 0.500. The average Bonchev–Trinajstić information content (AvgIpc) is 2.52. The molecule has 1 aromatic carbocycles. The second-order valence-corrected chi connectivity index (χ2v) is 8.17. The van der Waals surface area contributed by atoms with Gasteiger partial charge in [-0.3, -0.25) is 4.79 Å². The second-order valence-electron chi connectivity index (χ2n) is 6.19. The third kappa shape index (κ3) is 4.49. The number of nitrogens with two attached hydrogens (primary N) is 2. The summed E-state index contributed by atoms with van der Waals surface area (Å²) < 4.78 is 24.6. The maximum Gasteiger partial charge on any atom is 0.280 e. The largest absolute Gasteiger partial charge is 0.391 e. The Kier molecular flexibility index (Phi) is 5.69. The van der Waals surface area contributed by atoms with Crippen LogP contribution in [0.15, 0.2) is 22.0 Å². The van der Waals surface area contributed by atoms with Crippen LogP contribution >= 0.6 is 0 Å². The molecule has 1 amide bonds. The van der Waals surface area contributed by atoms with Gasteiger partial charge >= 0.3 is 0 Å². The van der Waals surface area contributed by atoms with Crippen molar-refractivity contribution in [2.45, 2.75) is 37.2 Å². The van der Waals surface area contributed by atoms with Crippen LogP contribution in [0.5, 0.6) is 0 Å². The molecule has 1 aromatic rings. The summed E-state index contributed by atoms with van der Waals surface area (Å²) in [4.78, 5) is 17.7. The van der Waals surface area contributed by atoms with Crippen molar-refractivity contribution in [2.24, 2.45) is 16.5 Å². The summed E-state index contributed by atoms with van der Waals surface area (Å²) in [6.45, 7) is 2.85. The Hall–Kier alpha value is -2.13. The number of aryl methyl sites for hydroxylation is 1. The van der Waals surface area contributed by atoms with Crippen molar-refractivity contribution < 1.29 is 18.3 Å². The summed E-state index contributed by atoms with van der Waals surface area (Å²) in [7, 11) is -3.60. The van der Waals surface area contributed by atoms with Crippen LogP contribution in [0.2, 0.25) is 0 Å². The monoisotopic (exact) mass is 368 g/mol. The Balaban J connectivity index is 2.64. The second kappa shape index (κ2) is 7.40. The Bertz CT molecular complexity index is 801. The van der Waals surface area contributed by atoms with Gasteiger partial charge in [-0.05, 0) is 37.0 Å². The number of β-amino-alcohol motifs (C(OH)–C–C–N with tert-alkyl or cyclic N) is 1. The maximum atomic E-state index is 12.3. The molecule has 25 heavy (non-hydrogen) atoms. The van der Waals surface area contributed by atoms with Crippen LogP contribution in [0, 0.1) is 0 Å². The van der Waals surface area contributed by atoms with Crippen molar-refractivity contribution in [3.05, 3.63) is 23.3 Å². The van der Waals surface area contributed by atoms with Crippen molar-refractivity contribution in [1.82, 2.24) is 0 Å². The number of rotatable bonds is 4. The van der Waals surface area contributed by atoms with Gasteiger partial charge in [0.2, 0.25) is 0 Å². The Morgan fingerprint density at radius 3 is 2.60 bits per heavy atom. The predicted molar refractivity (Wildman–Crippen MR) is 96.5 cm³/mol. The summed E-state index contributed by atoms with van der Waals surface area (Å²) in [5, 5.41) is 9.91. The average molecular weight is 368 g/mol. The normalized spacial score (nSPS) is 18.0. The summed E-state index contributed by atoms with van der Waals surface area (Å²) in [6.07, 6.45) is 2.54. The number of aliphatic hydroxyl groups excluding tert-OH is 1. The number of sulfone groups is 1. The highest BCUT2D eigenvalue weighted by molar-refractivity contribution is 7.90. The number of nitrogens with zero attached hydrogens (tertiary/aromatic N) is 2. The number of piperidine rings is 1. The molecule has 138 valence electrons. The van der Waals surface area contributed by atoms with Crippen molar-refractivity contribution >= 4 is 27.4 Å². The Morgan fingerprint density at radius 1 is 1.40 bits per heavy atom. The number of anilines is 1. The number of aliphatic imine (C=N–C) groups is 1. The molecule has 1 heterocycles. The van der Waals surface area contributed by atoms with Crippen molar-refractivity contribution in [2.75, 3.05) is 24.2 Å². The highest BCUT2D eigenvalue weighted by Gasteiger charge is 2.26. The number of carbonyl (C=O) groups excluding carboxylic acids is 1. The molecule has 0 aliphatic carbocycles. The molecule has 0 saturated carbocycles. The number of hydrogen-bond donors (Lipinski definition) is 3. The molecule has 8 nitrogen and oxygen atoms in total. The van der Waals surface area contributed by atoms with Crippen molar-refractivity contribution in [3.8, 4) is 0 Å². The minimum Gasteiger partial charge on any atom is -0.391 e. The Morgan fingerprint density at radius 2 is 2.08 bits per heavy atom. The van der Waals surface area contributed by atoms with Crippen LogP contribution in [-0.4, -0.2) is 50.8 Å². The molecule has 1 fully saturated rings. The molecule has 0 spiro atoms. The van der Waals surface area contributed by atoms with Gasteiger partial charge < -0.3 is 21.5 Å². The molecule has 1 saturated heterocycles. The molecule has 9 heteroatoms. The van der Waals surface area contributed by atoms with E-state index in [0.29, 0.717) is 37.2 Å². The van der Waals surface area contributed by atoms with Gasteiger partial charge in [0.1, 0.15) is 0 Å². The van der Waals surface area contributed by atoms with Crippen LogP contribution in [0.1, 0.15) is 35.7 Å². The molecule has 1 aliphatic rings. The number of benzene rings is 1. The number of aliphatic hydroxyl groups is 1. The van der Waals surface area contributed by atoms with E-state index in [0.717, 1.165) is 12.7 Å². The Labute approximate surface area is 147 Å². The number of carbonyl (C=O) groups is 1. The first-order valence-electron chi connectivity index (χ1n) is 8.07. The first-order valence-corrected chi connectivity index (χ1v) is 9.96. The van der Waals surface area contributed by atoms with Crippen LogP contribution in [0.3, 0.4) is 0 Å². The standard InChI is InChI=1S/C16H24N4O4S/c1-3-10-7-13(20-6-4-5-11(21)9-20)14(25(2,23)24)8-12(10)15(22)19-16(17)18/h7-8,11,21H,3-6,9H2,1-2H3,(H4,17,18,19,22). The molecule has 1 atom stereocenters. The lowest BCUT2D eigenvalue weighted by atomic mass is 10.0. The van der Waals surface area contributed by atoms with E-state index < -0.39 is 21.8 Å². The number of guanidine groups is 1. The number of hydrogen-bond acceptors (Lipinski definition) is 5. The molecular formula is C16H24N4O4S. The zero-order chi connectivity index (χ0) is 18.8. The zero-order valence-corrected chi connectivity index (χ0v) is 15.2. The summed E-state index contributed by atoms with van der Waals surface area (Å²) in [6, 6.07) is 3.02. The van der Waals surface area contributed by atoms with Gasteiger partial charge in [0.25, 0.3) is 5.91 Å². The predicted octanol–water partition coefficient (Wildman–Crippen LogP) is 0.0272. The topological polar surface area (TPSA) is 139 Å². The highest BCUT2D eigenvalue weighted by Crippen LogP contribution is 2.32. The van der Waals surface area contributed by atoms with E-state index in [1.807, 2.05) is 11.8 Å². The lowest BCUT2D eigenvalue weighted by molar-refractivity contribution is 0.100. The summed E-state index contributed by atoms with van der Waals surface area (Å²) in [5.41, 5.74) is 11.8. The summed E-state index contributed by atoms with van der Waals surface area (Å²) >= 11 is 0. The molecule has 5 N–H and O–H groups in total. The SMILES string of the molecule is CCc1cc(N2CCCC(O)C2)c(S(C)(=O)=O)cc1C(=O)N=C(N)N. The van der Waals surface area contributed by atoms with Crippen molar-refractivity contribution in [1.29, 1.82) is 0 Å². The van der Waals surface area contributed by atoms with Crippen LogP contribution in [0.4, 0.5) is 5.69 Å². The smallest absolute Gasteiger partial charge is 0.280 e. The fourth-order valence-corrected chi connectivity index (χ4v) is 3.90. The minimum absolute atomic E-state index is 0.0351. The maximum absolute atomic E-state index is 12.3. The van der Waals surface area contributed by atoms with E-state index in [9.17, 15) is 18.3 Å². The van der Waals surface area contributed by atoms with Crippen LogP contribution in [-0.2, 0) is 16.3 Å². The first kappa shape index (κ1) is 19.2. The van der Waals surface area contributed by atoms with Crippen molar-refractivity contribution in [3.63, 3.8) is 0 Å². The van der Waals surface area contributed by atoms with Gasteiger partial charge in [-0.1, -0.05) is 6.92 Å². The highest BCUT2D eigenvalue weighted by atomic mass is 32.2. The molecule has 0 aromatic heterocycles. The number of amides is 1. The van der Waals surface area contributed by atoms with E-state index in [4.69, 9.17) is 11.5 Å². The van der Waals surface area contributed by atoms with E-state index >= 15 is 0 Å². The van der Waals surface area contributed by atoms with E-state index in [1.165, 1.54) is 6.07 Å². The van der Waals surface area contributed by atoms with E-state index in [-0.39, 0.29) is 16.4 Å². The van der Waals surface area contributed by atoms with Gasteiger partial charge in [0.05, 0.1) is 16.7 Å². The van der Waals surface area contributed by atoms with Gasteiger partial charge in [0.15, 0.2) is 15.8 Å². The molecule has 2 rings (SSSR count). The van der Waals surface area contributed by atoms with E-state index in [2.05, 4.69) is 4.99 Å². The summed E-state index contributed by atoms with van der Waals surface area (Å²) in [5.74, 6) is -1.05. The molecule has 1 aliphatic heterocycles. The van der Waals surface area contributed by atoms with E-state index in [1.54, 1.807) is 6.07 Å². The molecule has 0 radical (unpaired) electrons. The van der Waals surface area contributed by atoms with Gasteiger partial charge in [-0.2, -0.15) is 4.99 Å². The van der Waals surface area contributed by atoms with Gasteiger partial charge in [-0.15, -0.1) is 0 Å². The quantitative estimate of drug-likeness (QED) is 0.503. The van der Waals surface area contributed by atoms with Crippen LogP contribution < -0.4 is 16.4 Å². The zero-order valence-electron chi connectivity index (χ0n) is 14.4. The van der Waals surface area contributed by atoms with Crippen LogP contribution in [0.25, 0.3) is 0 Å². The minimum atomic E-state index is -3.60. The molecule has 0 bridgehead atoms. The molecular weight excluding hydrogens is 344 g/mol. The third-order valence-corrected chi connectivity index (χ3v) is 5.29. The third-order valence-electron chi connectivity index (χ3n) is 4.16. The van der Waals surface area contributed by atoms with Gasteiger partial charge in [-0.25, -0.2) is 8.42 Å². The molecule has 1 unspecified atom stereocenters. The van der Waals surface area contributed by atoms with Gasteiger partial charge in [0, 0.05) is 24.9 Å². The lowest BCUT2D eigenvalue weighted by Crippen LogP contribution is -2.39. The fourth-order valence-electron chi connectivity index (χ4n) is 3.00. The first-order chi connectivity index (χ1) is 11.6.